The van der Waals surface area contributed by atoms with E-state index in [-0.39, 0.29) is 11.7 Å². The maximum atomic E-state index is 12.2. The van der Waals surface area contributed by atoms with Gasteiger partial charge in [0.05, 0.1) is 12.2 Å². The number of rotatable bonds is 8. The van der Waals surface area contributed by atoms with Gasteiger partial charge >= 0.3 is 0 Å². The SMILES string of the molecule is CCCCCOc1cccc(CNC(=O)c2ccc(C)nc2N)c1. The summed E-state index contributed by atoms with van der Waals surface area (Å²) in [6.07, 6.45) is 3.39. The molecule has 0 fully saturated rings. The zero-order valence-electron chi connectivity index (χ0n) is 14.3. The molecule has 0 saturated heterocycles. The number of aromatic nitrogens is 1. The lowest BCUT2D eigenvalue weighted by molar-refractivity contribution is 0.0951. The van der Waals surface area contributed by atoms with E-state index in [0.29, 0.717) is 12.1 Å². The van der Waals surface area contributed by atoms with Gasteiger partial charge in [0, 0.05) is 12.2 Å². The van der Waals surface area contributed by atoms with Crippen LogP contribution in [0.3, 0.4) is 0 Å². The molecule has 0 unspecified atom stereocenters. The highest BCUT2D eigenvalue weighted by molar-refractivity contribution is 5.98. The molecule has 1 aromatic carbocycles. The van der Waals surface area contributed by atoms with Crippen LogP contribution < -0.4 is 15.8 Å². The molecule has 24 heavy (non-hydrogen) atoms. The van der Waals surface area contributed by atoms with Crippen molar-refractivity contribution in [1.82, 2.24) is 10.3 Å². The van der Waals surface area contributed by atoms with Gasteiger partial charge in [-0.05, 0) is 43.2 Å². The van der Waals surface area contributed by atoms with E-state index in [1.807, 2.05) is 31.2 Å². The number of nitrogen functional groups attached to an aromatic ring is 1. The van der Waals surface area contributed by atoms with E-state index in [4.69, 9.17) is 10.5 Å². The Labute approximate surface area is 143 Å². The number of pyridine rings is 1. The first kappa shape index (κ1) is 17.8. The third-order valence-electron chi connectivity index (χ3n) is 3.68. The van der Waals surface area contributed by atoms with Gasteiger partial charge in [0.15, 0.2) is 0 Å². The van der Waals surface area contributed by atoms with Gasteiger partial charge in [-0.15, -0.1) is 0 Å². The molecule has 1 heterocycles. The number of carbonyl (C=O) groups is 1. The van der Waals surface area contributed by atoms with Crippen LogP contribution in [0.2, 0.25) is 0 Å². The molecule has 5 heteroatoms. The zero-order valence-corrected chi connectivity index (χ0v) is 14.3. The molecule has 0 spiro atoms. The average Bonchev–Trinajstić information content (AvgIpc) is 2.57. The number of hydrogen-bond acceptors (Lipinski definition) is 4. The van der Waals surface area contributed by atoms with E-state index in [1.165, 1.54) is 12.8 Å². The number of hydrogen-bond donors (Lipinski definition) is 2. The third-order valence-corrected chi connectivity index (χ3v) is 3.68. The van der Waals surface area contributed by atoms with E-state index >= 15 is 0 Å². The van der Waals surface area contributed by atoms with E-state index in [1.54, 1.807) is 12.1 Å². The van der Waals surface area contributed by atoms with Crippen molar-refractivity contribution >= 4 is 11.7 Å². The third kappa shape index (κ3) is 5.26. The second-order valence-electron chi connectivity index (χ2n) is 5.77. The normalized spacial score (nSPS) is 10.4. The molecule has 0 atom stereocenters. The van der Waals surface area contributed by atoms with E-state index in [0.717, 1.165) is 30.0 Å². The monoisotopic (exact) mass is 327 g/mol. The molecule has 1 amide bonds. The highest BCUT2D eigenvalue weighted by Gasteiger charge is 2.10. The van der Waals surface area contributed by atoms with Crippen molar-refractivity contribution < 1.29 is 9.53 Å². The number of nitrogens with one attached hydrogen (secondary N) is 1. The first-order valence-corrected chi connectivity index (χ1v) is 8.33. The Morgan fingerprint density at radius 1 is 1.25 bits per heavy atom. The van der Waals surface area contributed by atoms with Crippen LogP contribution >= 0.6 is 0 Å². The number of ether oxygens (including phenoxy) is 1. The lowest BCUT2D eigenvalue weighted by Gasteiger charge is -2.10. The number of unbranched alkanes of at least 4 members (excludes halogenated alkanes) is 2. The van der Waals surface area contributed by atoms with Gasteiger partial charge in [0.2, 0.25) is 0 Å². The van der Waals surface area contributed by atoms with Crippen molar-refractivity contribution in [3.8, 4) is 5.75 Å². The molecule has 5 nitrogen and oxygen atoms in total. The molecule has 0 bridgehead atoms. The van der Waals surface area contributed by atoms with Gasteiger partial charge in [-0.25, -0.2) is 4.98 Å². The van der Waals surface area contributed by atoms with Crippen LogP contribution in [0.25, 0.3) is 0 Å². The van der Waals surface area contributed by atoms with Crippen molar-refractivity contribution in [3.05, 3.63) is 53.2 Å². The summed E-state index contributed by atoms with van der Waals surface area (Å²) < 4.78 is 5.73. The Bertz CT molecular complexity index is 686. The first-order chi connectivity index (χ1) is 11.6. The number of aryl methyl sites for hydroxylation is 1. The Hall–Kier alpha value is -2.56. The lowest BCUT2D eigenvalue weighted by Crippen LogP contribution is -2.24. The molecular formula is C19H25N3O2. The summed E-state index contributed by atoms with van der Waals surface area (Å²) in [5.74, 6) is 0.851. The largest absolute Gasteiger partial charge is 0.494 e. The molecule has 0 radical (unpaired) electrons. The van der Waals surface area contributed by atoms with Gasteiger partial charge < -0.3 is 15.8 Å². The van der Waals surface area contributed by atoms with Crippen LogP contribution in [0.5, 0.6) is 5.75 Å². The predicted molar refractivity (Wildman–Crippen MR) is 96.0 cm³/mol. The molecule has 0 aliphatic carbocycles. The number of amides is 1. The minimum Gasteiger partial charge on any atom is -0.494 e. The van der Waals surface area contributed by atoms with Gasteiger partial charge in [0.1, 0.15) is 11.6 Å². The van der Waals surface area contributed by atoms with Crippen LogP contribution in [0, 0.1) is 6.92 Å². The van der Waals surface area contributed by atoms with Gasteiger partial charge in [-0.3, -0.25) is 4.79 Å². The summed E-state index contributed by atoms with van der Waals surface area (Å²) in [5, 5.41) is 2.86. The van der Waals surface area contributed by atoms with Gasteiger partial charge in [0.25, 0.3) is 5.91 Å². The zero-order chi connectivity index (χ0) is 17.4. The Morgan fingerprint density at radius 3 is 2.83 bits per heavy atom. The fourth-order valence-electron chi connectivity index (χ4n) is 2.33. The molecule has 0 aliphatic heterocycles. The highest BCUT2D eigenvalue weighted by Crippen LogP contribution is 2.15. The number of carbonyl (C=O) groups excluding carboxylic acids is 1. The summed E-state index contributed by atoms with van der Waals surface area (Å²) in [6, 6.07) is 11.2. The maximum absolute atomic E-state index is 12.2. The molecule has 2 rings (SSSR count). The van der Waals surface area contributed by atoms with Crippen LogP contribution in [0.1, 0.15) is 47.8 Å². The first-order valence-electron chi connectivity index (χ1n) is 8.33. The fourth-order valence-corrected chi connectivity index (χ4v) is 2.33. The molecule has 1 aromatic heterocycles. The van der Waals surface area contributed by atoms with Crippen LogP contribution in [0.15, 0.2) is 36.4 Å². The number of nitrogens with zero attached hydrogens (tertiary/aromatic N) is 1. The highest BCUT2D eigenvalue weighted by atomic mass is 16.5. The minimum atomic E-state index is -0.228. The van der Waals surface area contributed by atoms with Crippen LogP contribution in [-0.2, 0) is 6.54 Å². The molecule has 0 aliphatic rings. The fraction of sp³-hybridized carbons (Fsp3) is 0.368. The molecule has 2 aromatic rings. The summed E-state index contributed by atoms with van der Waals surface area (Å²) in [4.78, 5) is 16.3. The number of anilines is 1. The predicted octanol–water partition coefficient (Wildman–Crippen LogP) is 3.47. The Morgan fingerprint density at radius 2 is 2.08 bits per heavy atom. The van der Waals surface area contributed by atoms with Crippen molar-refractivity contribution in [1.29, 1.82) is 0 Å². The van der Waals surface area contributed by atoms with Crippen molar-refractivity contribution in [2.24, 2.45) is 0 Å². The maximum Gasteiger partial charge on any atom is 0.255 e. The van der Waals surface area contributed by atoms with E-state index in [9.17, 15) is 4.79 Å². The van der Waals surface area contributed by atoms with Gasteiger partial charge in [-0.2, -0.15) is 0 Å². The molecule has 128 valence electrons. The minimum absolute atomic E-state index is 0.228. The number of benzene rings is 1. The van der Waals surface area contributed by atoms with Crippen LogP contribution in [0.4, 0.5) is 5.82 Å². The standard InChI is InChI=1S/C19H25N3O2/c1-3-4-5-11-24-16-8-6-7-15(12-16)13-21-19(23)17-10-9-14(2)22-18(17)20/h6-10,12H,3-5,11,13H2,1-2H3,(H2,20,22)(H,21,23). The smallest absolute Gasteiger partial charge is 0.255 e. The summed E-state index contributed by atoms with van der Waals surface area (Å²) >= 11 is 0. The van der Waals surface area contributed by atoms with Crippen molar-refractivity contribution in [2.45, 2.75) is 39.7 Å². The second kappa shape index (κ2) is 8.91. The van der Waals surface area contributed by atoms with Crippen molar-refractivity contribution in [2.75, 3.05) is 12.3 Å². The number of nitrogens with two attached hydrogens (primary N) is 1. The molecule has 3 N–H and O–H groups in total. The quantitative estimate of drug-likeness (QED) is 0.728. The molecular weight excluding hydrogens is 302 g/mol. The summed E-state index contributed by atoms with van der Waals surface area (Å²) in [6.45, 7) is 5.14. The van der Waals surface area contributed by atoms with Crippen molar-refractivity contribution in [3.63, 3.8) is 0 Å². The van der Waals surface area contributed by atoms with E-state index < -0.39 is 0 Å². The van der Waals surface area contributed by atoms with Gasteiger partial charge in [-0.1, -0.05) is 31.9 Å². The Kier molecular flexibility index (Phi) is 6.61. The summed E-state index contributed by atoms with van der Waals surface area (Å²) in [5.41, 5.74) is 7.97. The lowest BCUT2D eigenvalue weighted by atomic mass is 10.2. The van der Waals surface area contributed by atoms with Crippen LogP contribution in [-0.4, -0.2) is 17.5 Å². The molecule has 0 saturated carbocycles. The Balaban J connectivity index is 1.90. The summed E-state index contributed by atoms with van der Waals surface area (Å²) in [7, 11) is 0. The second-order valence-corrected chi connectivity index (χ2v) is 5.77. The van der Waals surface area contributed by atoms with E-state index in [2.05, 4.69) is 17.2 Å². The topological polar surface area (TPSA) is 77.2 Å². The average molecular weight is 327 g/mol.